The molecule has 0 radical (unpaired) electrons. The lowest BCUT2D eigenvalue weighted by Gasteiger charge is -2.38. The molecule has 0 aromatic heterocycles. The zero-order valence-corrected chi connectivity index (χ0v) is 17.1. The topological polar surface area (TPSA) is 49.9 Å². The van der Waals surface area contributed by atoms with Gasteiger partial charge in [0.1, 0.15) is 12.4 Å². The quantitative estimate of drug-likeness (QED) is 0.745. The number of benzene rings is 2. The number of nitrogens with zero attached hydrogens (tertiary/aromatic N) is 2. The summed E-state index contributed by atoms with van der Waals surface area (Å²) in [5.74, 6) is 0.948. The minimum absolute atomic E-state index is 0.0597. The molecule has 5 nitrogen and oxygen atoms in total. The van der Waals surface area contributed by atoms with Crippen LogP contribution in [0.5, 0.6) is 5.75 Å². The lowest BCUT2D eigenvalue weighted by Crippen LogP contribution is -2.52. The number of amides is 2. The van der Waals surface area contributed by atoms with Crippen molar-refractivity contribution in [2.24, 2.45) is 5.92 Å². The molecule has 4 rings (SSSR count). The van der Waals surface area contributed by atoms with Crippen molar-refractivity contribution in [2.75, 3.05) is 26.2 Å². The number of carbonyl (C=O) groups is 2. The molecule has 1 saturated carbocycles. The molecule has 1 aliphatic carbocycles. The van der Waals surface area contributed by atoms with Crippen LogP contribution in [0, 0.1) is 5.92 Å². The van der Waals surface area contributed by atoms with Gasteiger partial charge in [0.2, 0.25) is 5.91 Å². The Morgan fingerprint density at radius 3 is 2.28 bits per heavy atom. The average molecular weight is 413 g/mol. The zero-order valence-electron chi connectivity index (χ0n) is 16.4. The average Bonchev–Trinajstić information content (AvgIpc) is 2.72. The van der Waals surface area contributed by atoms with Gasteiger partial charge in [-0.15, -0.1) is 0 Å². The highest BCUT2D eigenvalue weighted by Crippen LogP contribution is 2.29. The van der Waals surface area contributed by atoms with Crippen LogP contribution in [0.3, 0.4) is 0 Å². The molecule has 1 saturated heterocycles. The predicted octanol–water partition coefficient (Wildman–Crippen LogP) is 4.00. The van der Waals surface area contributed by atoms with Gasteiger partial charge in [-0.2, -0.15) is 0 Å². The summed E-state index contributed by atoms with van der Waals surface area (Å²) in [5, 5.41) is 0.642. The Balaban J connectivity index is 1.39. The third-order valence-electron chi connectivity index (χ3n) is 5.79. The summed E-state index contributed by atoms with van der Waals surface area (Å²) in [6, 6.07) is 14.8. The highest BCUT2D eigenvalue weighted by Gasteiger charge is 2.32. The Kier molecular flexibility index (Phi) is 6.05. The van der Waals surface area contributed by atoms with E-state index in [2.05, 4.69) is 0 Å². The molecule has 2 aromatic rings. The predicted molar refractivity (Wildman–Crippen MR) is 112 cm³/mol. The Labute approximate surface area is 176 Å². The van der Waals surface area contributed by atoms with Crippen molar-refractivity contribution in [1.29, 1.82) is 0 Å². The highest BCUT2D eigenvalue weighted by atomic mass is 35.5. The second kappa shape index (κ2) is 8.87. The van der Waals surface area contributed by atoms with Crippen LogP contribution in [0.1, 0.15) is 35.2 Å². The molecule has 0 atom stereocenters. The van der Waals surface area contributed by atoms with Gasteiger partial charge in [0.05, 0.1) is 5.56 Å². The maximum Gasteiger partial charge on any atom is 0.257 e. The fraction of sp³-hybridized carbons (Fsp3) is 0.391. The minimum Gasteiger partial charge on any atom is -0.488 e. The van der Waals surface area contributed by atoms with E-state index in [1.807, 2.05) is 46.2 Å². The molecular weight excluding hydrogens is 388 g/mol. The summed E-state index contributed by atoms with van der Waals surface area (Å²) in [7, 11) is 0. The maximum atomic E-state index is 13.1. The Hall–Kier alpha value is -2.53. The normalized spacial score (nSPS) is 17.0. The third-order valence-corrected chi connectivity index (χ3v) is 6.16. The SMILES string of the molecule is O=C(c1ccccc1OCc1ccccc1Cl)N1CCN(C(=O)C2CCC2)CC1. The van der Waals surface area contributed by atoms with Crippen molar-refractivity contribution in [3.05, 3.63) is 64.7 Å². The number of ether oxygens (including phenoxy) is 1. The summed E-state index contributed by atoms with van der Waals surface area (Å²) in [4.78, 5) is 29.2. The molecular formula is C23H25ClN2O3. The molecule has 2 amide bonds. The second-order valence-corrected chi connectivity index (χ2v) is 8.03. The van der Waals surface area contributed by atoms with Crippen molar-refractivity contribution >= 4 is 23.4 Å². The van der Waals surface area contributed by atoms with Gasteiger partial charge in [0.25, 0.3) is 5.91 Å². The van der Waals surface area contributed by atoms with E-state index in [9.17, 15) is 9.59 Å². The van der Waals surface area contributed by atoms with Gasteiger partial charge in [-0.25, -0.2) is 0 Å². The van der Waals surface area contributed by atoms with Crippen LogP contribution in [0.4, 0.5) is 0 Å². The summed E-state index contributed by atoms with van der Waals surface area (Å²) in [6.45, 7) is 2.60. The van der Waals surface area contributed by atoms with Crippen LogP contribution in [-0.2, 0) is 11.4 Å². The van der Waals surface area contributed by atoms with Gasteiger partial charge in [-0.1, -0.05) is 48.4 Å². The van der Waals surface area contributed by atoms with E-state index in [1.54, 1.807) is 12.1 Å². The number of hydrogen-bond acceptors (Lipinski definition) is 3. The van der Waals surface area contributed by atoms with Crippen LogP contribution in [-0.4, -0.2) is 47.8 Å². The van der Waals surface area contributed by atoms with Gasteiger partial charge >= 0.3 is 0 Å². The smallest absolute Gasteiger partial charge is 0.257 e. The zero-order chi connectivity index (χ0) is 20.2. The molecule has 2 fully saturated rings. The van der Waals surface area contributed by atoms with Crippen LogP contribution in [0.25, 0.3) is 0 Å². The fourth-order valence-electron chi connectivity index (χ4n) is 3.75. The fourth-order valence-corrected chi connectivity index (χ4v) is 3.94. The van der Waals surface area contributed by atoms with Gasteiger partial charge < -0.3 is 14.5 Å². The Bertz CT molecular complexity index is 889. The molecule has 0 spiro atoms. The van der Waals surface area contributed by atoms with Crippen LogP contribution < -0.4 is 4.74 Å². The lowest BCUT2D eigenvalue weighted by molar-refractivity contribution is -0.139. The number of para-hydroxylation sites is 1. The summed E-state index contributed by atoms with van der Waals surface area (Å²) < 4.78 is 5.93. The van der Waals surface area contributed by atoms with Crippen molar-refractivity contribution in [3.63, 3.8) is 0 Å². The number of halogens is 1. The first-order valence-corrected chi connectivity index (χ1v) is 10.5. The van der Waals surface area contributed by atoms with Crippen molar-refractivity contribution in [1.82, 2.24) is 9.80 Å². The number of carbonyl (C=O) groups excluding carboxylic acids is 2. The second-order valence-electron chi connectivity index (χ2n) is 7.62. The van der Waals surface area contributed by atoms with E-state index in [-0.39, 0.29) is 17.7 Å². The standard InChI is InChI=1S/C23H25ClN2O3/c24-20-10-3-1-6-18(20)16-29-21-11-4-2-9-19(21)23(28)26-14-12-25(13-15-26)22(27)17-7-5-8-17/h1-4,6,9-11,17H,5,7-8,12-16H2. The number of piperazine rings is 1. The number of hydrogen-bond donors (Lipinski definition) is 0. The first-order chi connectivity index (χ1) is 14.1. The van der Waals surface area contributed by atoms with Crippen LogP contribution in [0.15, 0.2) is 48.5 Å². The van der Waals surface area contributed by atoms with Gasteiger partial charge in [0, 0.05) is 42.7 Å². The van der Waals surface area contributed by atoms with E-state index in [4.69, 9.17) is 16.3 Å². The van der Waals surface area contributed by atoms with E-state index >= 15 is 0 Å². The summed E-state index contributed by atoms with van der Waals surface area (Å²) in [5.41, 5.74) is 1.41. The first-order valence-electron chi connectivity index (χ1n) is 10.2. The maximum absolute atomic E-state index is 13.1. The van der Waals surface area contributed by atoms with Crippen LogP contribution >= 0.6 is 11.6 Å². The molecule has 0 N–H and O–H groups in total. The summed E-state index contributed by atoms with van der Waals surface area (Å²) in [6.07, 6.45) is 3.17. The molecule has 6 heteroatoms. The monoisotopic (exact) mass is 412 g/mol. The number of rotatable bonds is 5. The van der Waals surface area contributed by atoms with Gasteiger partial charge in [-0.3, -0.25) is 9.59 Å². The lowest BCUT2D eigenvalue weighted by atomic mass is 9.84. The van der Waals surface area contributed by atoms with Gasteiger partial charge in [0.15, 0.2) is 0 Å². The van der Waals surface area contributed by atoms with E-state index in [0.29, 0.717) is 49.1 Å². The first kappa shape index (κ1) is 19.8. The van der Waals surface area contributed by atoms with Crippen LogP contribution in [0.2, 0.25) is 5.02 Å². The van der Waals surface area contributed by atoms with Crippen molar-refractivity contribution < 1.29 is 14.3 Å². The third kappa shape index (κ3) is 4.40. The van der Waals surface area contributed by atoms with Crippen molar-refractivity contribution in [2.45, 2.75) is 25.9 Å². The van der Waals surface area contributed by atoms with E-state index in [1.165, 1.54) is 0 Å². The molecule has 1 heterocycles. The molecule has 0 bridgehead atoms. The Morgan fingerprint density at radius 2 is 1.59 bits per heavy atom. The summed E-state index contributed by atoms with van der Waals surface area (Å²) >= 11 is 6.20. The molecule has 2 aromatic carbocycles. The Morgan fingerprint density at radius 1 is 0.931 bits per heavy atom. The minimum atomic E-state index is -0.0597. The molecule has 29 heavy (non-hydrogen) atoms. The van der Waals surface area contributed by atoms with Gasteiger partial charge in [-0.05, 0) is 31.0 Å². The van der Waals surface area contributed by atoms with E-state index in [0.717, 1.165) is 24.8 Å². The highest BCUT2D eigenvalue weighted by molar-refractivity contribution is 6.31. The molecule has 152 valence electrons. The molecule has 2 aliphatic rings. The largest absolute Gasteiger partial charge is 0.488 e. The van der Waals surface area contributed by atoms with Crippen molar-refractivity contribution in [3.8, 4) is 5.75 Å². The van der Waals surface area contributed by atoms with E-state index < -0.39 is 0 Å². The molecule has 0 unspecified atom stereocenters. The molecule has 1 aliphatic heterocycles.